The van der Waals surface area contributed by atoms with Crippen LogP contribution in [-0.2, 0) is 12.6 Å². The molecule has 0 spiro atoms. The number of hydrogen-bond acceptors (Lipinski definition) is 2. The summed E-state index contributed by atoms with van der Waals surface area (Å²) in [6.07, 6.45) is -2.60. The third-order valence-corrected chi connectivity index (χ3v) is 3.07. The maximum Gasteiger partial charge on any atom is 0.435 e. The van der Waals surface area contributed by atoms with Crippen molar-refractivity contribution in [2.24, 2.45) is 5.73 Å². The molecule has 2 rings (SSSR count). The van der Waals surface area contributed by atoms with E-state index < -0.39 is 11.9 Å². The smallest absolute Gasteiger partial charge is 0.328 e. The molecule has 0 aliphatic heterocycles. The van der Waals surface area contributed by atoms with Crippen molar-refractivity contribution in [1.82, 2.24) is 9.78 Å². The summed E-state index contributed by atoms with van der Waals surface area (Å²) in [5.74, 6) is 0. The molecule has 3 nitrogen and oxygen atoms in total. The first-order valence-electron chi connectivity index (χ1n) is 5.94. The van der Waals surface area contributed by atoms with E-state index in [1.54, 1.807) is 18.2 Å². The van der Waals surface area contributed by atoms with E-state index in [1.165, 1.54) is 6.20 Å². The Morgan fingerprint density at radius 3 is 2.55 bits per heavy atom. The third-order valence-electron chi connectivity index (χ3n) is 2.72. The maximum atomic E-state index is 12.5. The van der Waals surface area contributed by atoms with Crippen LogP contribution in [0.15, 0.2) is 30.5 Å². The Balaban J connectivity index is 2.30. The summed E-state index contributed by atoms with van der Waals surface area (Å²) in [6.45, 7) is 1.85. The predicted molar refractivity (Wildman–Crippen MR) is 70.9 cm³/mol. The molecule has 0 aliphatic rings. The molecule has 108 valence electrons. The van der Waals surface area contributed by atoms with Crippen LogP contribution in [-0.4, -0.2) is 15.8 Å². The lowest BCUT2D eigenvalue weighted by Gasteiger charge is -2.09. The van der Waals surface area contributed by atoms with Gasteiger partial charge in [-0.05, 0) is 37.1 Å². The fourth-order valence-corrected chi connectivity index (χ4v) is 2.06. The Morgan fingerprint density at radius 2 is 2.05 bits per heavy atom. The minimum Gasteiger partial charge on any atom is -0.328 e. The van der Waals surface area contributed by atoms with Crippen molar-refractivity contribution < 1.29 is 13.2 Å². The van der Waals surface area contributed by atoms with Gasteiger partial charge in [0.15, 0.2) is 5.69 Å². The fourth-order valence-electron chi connectivity index (χ4n) is 1.81. The van der Waals surface area contributed by atoms with Crippen molar-refractivity contribution >= 4 is 11.6 Å². The molecule has 1 unspecified atom stereocenters. The third kappa shape index (κ3) is 3.32. The normalized spacial score (nSPS) is 13.5. The van der Waals surface area contributed by atoms with Gasteiger partial charge < -0.3 is 5.73 Å². The standard InChI is InChI=1S/C13H13ClF3N3/c1-8(18)6-9-2-3-10(7-11(9)14)20-5-4-12(19-20)13(15,16)17/h2-5,7-8H,6,18H2,1H3. The molecule has 0 fully saturated rings. The summed E-state index contributed by atoms with van der Waals surface area (Å²) >= 11 is 6.10. The van der Waals surface area contributed by atoms with Gasteiger partial charge in [0.1, 0.15) is 0 Å². The lowest BCUT2D eigenvalue weighted by atomic mass is 10.1. The average Bonchev–Trinajstić information content (AvgIpc) is 2.80. The Labute approximate surface area is 119 Å². The van der Waals surface area contributed by atoms with Crippen LogP contribution >= 0.6 is 11.6 Å². The van der Waals surface area contributed by atoms with E-state index in [9.17, 15) is 13.2 Å². The predicted octanol–water partition coefficient (Wildman–Crippen LogP) is 3.43. The molecule has 1 atom stereocenters. The zero-order chi connectivity index (χ0) is 14.9. The largest absolute Gasteiger partial charge is 0.435 e. The molecule has 1 aromatic heterocycles. The molecule has 2 aromatic rings. The number of halogens is 4. The molecule has 2 N–H and O–H groups in total. The number of rotatable bonds is 3. The van der Waals surface area contributed by atoms with Gasteiger partial charge >= 0.3 is 6.18 Å². The summed E-state index contributed by atoms with van der Waals surface area (Å²) in [6, 6.07) is 5.86. The molecular formula is C13H13ClF3N3. The number of nitrogens with zero attached hydrogens (tertiary/aromatic N) is 2. The molecule has 1 heterocycles. The summed E-state index contributed by atoms with van der Waals surface area (Å²) in [4.78, 5) is 0. The molecule has 7 heteroatoms. The fraction of sp³-hybridized carbons (Fsp3) is 0.308. The van der Waals surface area contributed by atoms with E-state index in [0.29, 0.717) is 17.1 Å². The van der Waals surface area contributed by atoms with Crippen LogP contribution in [0.3, 0.4) is 0 Å². The second kappa shape index (κ2) is 5.46. The van der Waals surface area contributed by atoms with Crippen LogP contribution in [0.5, 0.6) is 0 Å². The molecule has 0 saturated carbocycles. The van der Waals surface area contributed by atoms with Gasteiger partial charge in [-0.1, -0.05) is 17.7 Å². The van der Waals surface area contributed by atoms with Gasteiger partial charge in [0.2, 0.25) is 0 Å². The van der Waals surface area contributed by atoms with Crippen molar-refractivity contribution in [3.63, 3.8) is 0 Å². The van der Waals surface area contributed by atoms with Crippen molar-refractivity contribution in [2.75, 3.05) is 0 Å². The lowest BCUT2D eigenvalue weighted by molar-refractivity contribution is -0.141. The van der Waals surface area contributed by atoms with Crippen molar-refractivity contribution in [3.8, 4) is 5.69 Å². The molecule has 0 saturated heterocycles. The van der Waals surface area contributed by atoms with Crippen molar-refractivity contribution in [1.29, 1.82) is 0 Å². The van der Waals surface area contributed by atoms with Gasteiger partial charge in [0, 0.05) is 17.3 Å². The van der Waals surface area contributed by atoms with Crippen molar-refractivity contribution in [2.45, 2.75) is 25.6 Å². The molecular weight excluding hydrogens is 291 g/mol. The number of nitrogens with two attached hydrogens (primary N) is 1. The molecule has 0 amide bonds. The maximum absolute atomic E-state index is 12.5. The second-order valence-electron chi connectivity index (χ2n) is 4.60. The van der Waals surface area contributed by atoms with Crippen LogP contribution in [0, 0.1) is 0 Å². The lowest BCUT2D eigenvalue weighted by Crippen LogP contribution is -2.18. The Hall–Kier alpha value is -1.53. The van der Waals surface area contributed by atoms with E-state index in [-0.39, 0.29) is 6.04 Å². The van der Waals surface area contributed by atoms with Gasteiger partial charge in [0.25, 0.3) is 0 Å². The van der Waals surface area contributed by atoms with Gasteiger partial charge in [-0.3, -0.25) is 0 Å². The van der Waals surface area contributed by atoms with E-state index in [4.69, 9.17) is 17.3 Å². The van der Waals surface area contributed by atoms with Gasteiger partial charge in [-0.2, -0.15) is 18.3 Å². The zero-order valence-corrected chi connectivity index (χ0v) is 11.4. The Morgan fingerprint density at radius 1 is 1.35 bits per heavy atom. The monoisotopic (exact) mass is 303 g/mol. The van der Waals surface area contributed by atoms with Crippen LogP contribution in [0.4, 0.5) is 13.2 Å². The summed E-state index contributed by atoms with van der Waals surface area (Å²) < 4.78 is 38.6. The first-order chi connectivity index (χ1) is 9.27. The minimum atomic E-state index is -4.45. The highest BCUT2D eigenvalue weighted by molar-refractivity contribution is 6.31. The van der Waals surface area contributed by atoms with Gasteiger partial charge in [-0.25, -0.2) is 4.68 Å². The summed E-state index contributed by atoms with van der Waals surface area (Å²) in [5.41, 5.74) is 6.08. The molecule has 20 heavy (non-hydrogen) atoms. The molecule has 0 bridgehead atoms. The first kappa shape index (κ1) is 14.9. The highest BCUT2D eigenvalue weighted by Gasteiger charge is 2.33. The number of aromatic nitrogens is 2. The zero-order valence-electron chi connectivity index (χ0n) is 10.7. The molecule has 1 aromatic carbocycles. The number of hydrogen-bond donors (Lipinski definition) is 1. The topological polar surface area (TPSA) is 43.8 Å². The van der Waals surface area contributed by atoms with Crippen LogP contribution < -0.4 is 5.73 Å². The number of benzene rings is 1. The highest BCUT2D eigenvalue weighted by atomic mass is 35.5. The van der Waals surface area contributed by atoms with Crippen LogP contribution in [0.2, 0.25) is 5.02 Å². The minimum absolute atomic E-state index is 0.0418. The van der Waals surface area contributed by atoms with E-state index in [1.807, 2.05) is 6.92 Å². The van der Waals surface area contributed by atoms with Gasteiger partial charge in [-0.15, -0.1) is 0 Å². The second-order valence-corrected chi connectivity index (χ2v) is 5.01. The quantitative estimate of drug-likeness (QED) is 0.944. The SMILES string of the molecule is CC(N)Cc1ccc(-n2ccc(C(F)(F)F)n2)cc1Cl. The van der Waals surface area contributed by atoms with Gasteiger partial charge in [0.05, 0.1) is 5.69 Å². The Bertz CT molecular complexity index is 605. The molecule has 0 aliphatic carbocycles. The van der Waals surface area contributed by atoms with E-state index >= 15 is 0 Å². The highest BCUT2D eigenvalue weighted by Crippen LogP contribution is 2.28. The summed E-state index contributed by atoms with van der Waals surface area (Å²) in [5, 5.41) is 3.95. The van der Waals surface area contributed by atoms with Crippen LogP contribution in [0.1, 0.15) is 18.2 Å². The average molecular weight is 304 g/mol. The van der Waals surface area contributed by atoms with E-state index in [0.717, 1.165) is 16.3 Å². The number of alkyl halides is 3. The Kier molecular flexibility index (Phi) is 4.06. The van der Waals surface area contributed by atoms with Crippen LogP contribution in [0.25, 0.3) is 5.69 Å². The van der Waals surface area contributed by atoms with Crippen molar-refractivity contribution in [3.05, 3.63) is 46.7 Å². The first-order valence-corrected chi connectivity index (χ1v) is 6.32. The summed E-state index contributed by atoms with van der Waals surface area (Å²) in [7, 11) is 0. The van der Waals surface area contributed by atoms with E-state index in [2.05, 4.69) is 5.10 Å². The molecule has 0 radical (unpaired) electrons.